The van der Waals surface area contributed by atoms with E-state index in [1.54, 1.807) is 32.8 Å². The van der Waals surface area contributed by atoms with E-state index in [1.165, 1.54) is 62.0 Å². The first kappa shape index (κ1) is 70.7. The molecule has 0 unspecified atom stereocenters. The second kappa shape index (κ2) is 38.2. The van der Waals surface area contributed by atoms with Gasteiger partial charge in [-0.2, -0.15) is 0 Å². The topological polar surface area (TPSA) is 369 Å². The third-order valence-electron chi connectivity index (χ3n) is 16.0. The Labute approximate surface area is 535 Å². The lowest BCUT2D eigenvalue weighted by Crippen LogP contribution is -2.38. The molecule has 7 N–H and O–H groups in total. The van der Waals surface area contributed by atoms with Gasteiger partial charge in [-0.25, -0.2) is 49.8 Å². The number of nitrogens with one attached hydrogen (secondary N) is 2. The van der Waals surface area contributed by atoms with E-state index in [-0.39, 0.29) is 46.7 Å². The summed E-state index contributed by atoms with van der Waals surface area (Å²) in [7, 11) is 3.50. The van der Waals surface area contributed by atoms with Gasteiger partial charge in [-0.3, -0.25) is 14.4 Å². The fourth-order valence-corrected chi connectivity index (χ4v) is 10.6. The van der Waals surface area contributed by atoms with Gasteiger partial charge in [0.1, 0.15) is 29.3 Å². The molecule has 92 heavy (non-hydrogen) atoms. The number of ether oxygens (including phenoxy) is 4. The van der Waals surface area contributed by atoms with Crippen molar-refractivity contribution in [1.82, 2.24) is 59.8 Å². The quantitative estimate of drug-likeness (QED) is 0.0597. The second-order valence-corrected chi connectivity index (χ2v) is 22.5. The first-order valence-corrected chi connectivity index (χ1v) is 31.4. The van der Waals surface area contributed by atoms with Crippen LogP contribution in [0.4, 0.5) is 35.3 Å². The van der Waals surface area contributed by atoms with Crippen molar-refractivity contribution in [3.05, 3.63) is 114 Å². The maximum atomic E-state index is 10.8. The molecule has 0 bridgehead atoms. The lowest BCUT2D eigenvalue weighted by molar-refractivity contribution is 0.0373. The van der Waals surface area contributed by atoms with Crippen LogP contribution in [0.3, 0.4) is 0 Å². The first-order chi connectivity index (χ1) is 44.7. The summed E-state index contributed by atoms with van der Waals surface area (Å²) in [5.41, 5.74) is 0.0202. The van der Waals surface area contributed by atoms with E-state index in [0.717, 1.165) is 186 Å². The van der Waals surface area contributed by atoms with Crippen LogP contribution in [0.5, 0.6) is 17.2 Å². The smallest absolute Gasteiger partial charge is 0.266 e. The van der Waals surface area contributed by atoms with Crippen molar-refractivity contribution in [2.45, 2.75) is 127 Å². The molecule has 6 aliphatic heterocycles. The number of rotatable bonds is 14. The van der Waals surface area contributed by atoms with Gasteiger partial charge in [-0.1, -0.05) is 13.5 Å². The number of hydrogen-bond acceptors (Lipinski definition) is 28. The number of piperidine rings is 6. The van der Waals surface area contributed by atoms with Crippen molar-refractivity contribution in [2.75, 3.05) is 129 Å². The lowest BCUT2D eigenvalue weighted by Gasteiger charge is -2.31. The van der Waals surface area contributed by atoms with E-state index in [1.807, 2.05) is 4.90 Å². The molecule has 0 saturated carbocycles. The molecule has 0 radical (unpaired) electrons. The van der Waals surface area contributed by atoms with Crippen molar-refractivity contribution in [3.8, 4) is 17.2 Å². The number of carbonyl (C=O) groups is 1. The van der Waals surface area contributed by atoms with E-state index < -0.39 is 0 Å². The molecule has 6 saturated heterocycles. The SMILES string of the molecule is C=COC1CCN(c2ncc(O)cn2)CC1.CCCOC1CCN(c2ncc(O)cn2)CC1.COC1CCN(c2c[nH]c(=O)cn2)CC1.COC1CCN(c2cnc(C=O)cn2)CC1.O=c1cnc(N2CCC(O)CC2)c[nH]1.Oc1cnc(N2CCC(O)CC2)nc1. The molecule has 6 aromatic rings. The van der Waals surface area contributed by atoms with E-state index >= 15 is 0 Å². The lowest BCUT2D eigenvalue weighted by atomic mass is 10.1. The molecule has 30 heteroatoms. The zero-order chi connectivity index (χ0) is 65.5. The predicted molar refractivity (Wildman–Crippen MR) is 346 cm³/mol. The molecule has 6 aromatic heterocycles. The normalized spacial score (nSPS) is 17.8. The van der Waals surface area contributed by atoms with Crippen LogP contribution in [0.15, 0.2) is 96.8 Å². The Bertz CT molecular complexity index is 3090. The molecule has 0 spiro atoms. The van der Waals surface area contributed by atoms with Gasteiger partial charge >= 0.3 is 0 Å². The zero-order valence-corrected chi connectivity index (χ0v) is 52.9. The predicted octanol–water partition coefficient (Wildman–Crippen LogP) is 4.05. The Morgan fingerprint density at radius 3 is 1.12 bits per heavy atom. The molecule has 30 nitrogen and oxygen atoms in total. The summed E-state index contributed by atoms with van der Waals surface area (Å²) < 4.78 is 21.7. The molecule has 6 fully saturated rings. The van der Waals surface area contributed by atoms with Gasteiger partial charge in [0.25, 0.3) is 11.1 Å². The third kappa shape index (κ3) is 23.8. The van der Waals surface area contributed by atoms with Crippen LogP contribution in [-0.4, -0.2) is 228 Å². The van der Waals surface area contributed by atoms with Crippen LogP contribution in [0.25, 0.3) is 0 Å². The molecule has 0 atom stereocenters. The summed E-state index contributed by atoms with van der Waals surface area (Å²) in [6, 6.07) is 0. The molecule has 0 aromatic carbocycles. The van der Waals surface area contributed by atoms with Gasteiger partial charge in [0.15, 0.2) is 23.5 Å². The number of aromatic hydroxyl groups is 3. The molecular formula is C62H90N18O12. The van der Waals surface area contributed by atoms with Crippen molar-refractivity contribution >= 4 is 41.6 Å². The number of aldehydes is 1. The zero-order valence-electron chi connectivity index (χ0n) is 52.9. The maximum absolute atomic E-state index is 10.8. The minimum absolute atomic E-state index is 0.0748. The molecular weight excluding hydrogens is 1190 g/mol. The number of H-pyrrole nitrogens is 2. The summed E-state index contributed by atoms with van der Waals surface area (Å²) in [5, 5.41) is 45.9. The Hall–Kier alpha value is -8.71. The summed E-state index contributed by atoms with van der Waals surface area (Å²) in [6.45, 7) is 16.9. The van der Waals surface area contributed by atoms with Gasteiger partial charge in [-0.05, 0) is 70.6 Å². The molecule has 12 heterocycles. The number of aliphatic hydroxyl groups excluding tert-OH is 2. The van der Waals surface area contributed by atoms with E-state index in [9.17, 15) is 24.6 Å². The molecule has 0 aliphatic carbocycles. The highest BCUT2D eigenvalue weighted by Gasteiger charge is 2.25. The Morgan fingerprint density at radius 1 is 0.457 bits per heavy atom. The largest absolute Gasteiger partial charge is 0.505 e. The number of hydrogen-bond donors (Lipinski definition) is 7. The monoisotopic (exact) mass is 1280 g/mol. The fourth-order valence-electron chi connectivity index (χ4n) is 10.6. The van der Waals surface area contributed by atoms with Crippen molar-refractivity contribution < 1.29 is 49.3 Å². The van der Waals surface area contributed by atoms with Crippen molar-refractivity contribution in [3.63, 3.8) is 0 Å². The van der Waals surface area contributed by atoms with Crippen molar-refractivity contribution in [2.24, 2.45) is 0 Å². The summed E-state index contributed by atoms with van der Waals surface area (Å²) in [6.07, 6.45) is 32.7. The summed E-state index contributed by atoms with van der Waals surface area (Å²) >= 11 is 0. The van der Waals surface area contributed by atoms with Crippen LogP contribution in [0.2, 0.25) is 0 Å². The molecule has 500 valence electrons. The number of nitrogens with zero attached hydrogens (tertiary/aromatic N) is 16. The number of aromatic amines is 2. The van der Waals surface area contributed by atoms with E-state index in [2.05, 4.69) is 97.8 Å². The van der Waals surface area contributed by atoms with Crippen LogP contribution in [0, 0.1) is 0 Å². The first-order valence-electron chi connectivity index (χ1n) is 31.4. The summed E-state index contributed by atoms with van der Waals surface area (Å²) in [4.78, 5) is 90.6. The number of anilines is 6. The van der Waals surface area contributed by atoms with Crippen LogP contribution in [0.1, 0.15) is 101 Å². The molecule has 0 amide bonds. The average molecular weight is 1280 g/mol. The fraction of sp³-hybridized carbons (Fsp3) is 0.565. The van der Waals surface area contributed by atoms with Crippen LogP contribution < -0.4 is 40.5 Å². The Morgan fingerprint density at radius 2 is 0.793 bits per heavy atom. The van der Waals surface area contributed by atoms with Crippen molar-refractivity contribution in [1.29, 1.82) is 0 Å². The Balaban J connectivity index is 0.000000157. The van der Waals surface area contributed by atoms with Gasteiger partial charge < -0.3 is 83.8 Å². The number of aliphatic hydroxyl groups is 2. The van der Waals surface area contributed by atoms with Crippen LogP contribution >= 0.6 is 0 Å². The van der Waals surface area contributed by atoms with E-state index in [4.69, 9.17) is 34.3 Å². The molecule has 12 rings (SSSR count). The van der Waals surface area contributed by atoms with Crippen LogP contribution in [-0.2, 0) is 18.9 Å². The number of methoxy groups -OCH3 is 2. The van der Waals surface area contributed by atoms with Gasteiger partial charge in [0.2, 0.25) is 17.8 Å². The van der Waals surface area contributed by atoms with E-state index in [0.29, 0.717) is 48.1 Å². The standard InChI is InChI=1S/C12H19N3O2.2C11H15N3O2.C10H15N3O2.2C9H13N3O2/c1-2-7-17-11-3-5-15(6-4-11)12-13-8-10(16)9-14-12;1-16-10-2-4-14(5-3-10)11-7-12-9(8-15)6-13-11;1-2-16-10-3-5-14(6-4-10)11-12-7-9(15)8-13-11;1-15-8-2-4-13(5-3-8)9-6-12-10(14)7-11-9;13-7-1-3-12(4-2-7)8-5-11-9(14)6-10-8;13-7-1-3-12(4-2-7)9-10-5-8(14)6-11-9/h8-9,11,16H,2-7H2,1H3;6-8,10H,2-5H2,1H3;2,7-8,10,15H,1,3-6H2;6-8H,2-5H2,1H3,(H,12,14);5-7,13H,1-4H2,(H,11,14);5-7,13-14H,1-4H2. The Kier molecular flexibility index (Phi) is 29.4. The van der Waals surface area contributed by atoms with Gasteiger partial charge in [0.05, 0.1) is 98.8 Å². The highest BCUT2D eigenvalue weighted by molar-refractivity contribution is 5.71. The average Bonchev–Trinajstić information content (AvgIpc) is 2.67. The second-order valence-electron chi connectivity index (χ2n) is 22.5. The highest BCUT2D eigenvalue weighted by Crippen LogP contribution is 2.24. The minimum atomic E-state index is -0.191. The molecule has 6 aliphatic rings. The number of carbonyl (C=O) groups excluding carboxylic acids is 1. The van der Waals surface area contributed by atoms with Gasteiger partial charge in [-0.15, -0.1) is 0 Å². The minimum Gasteiger partial charge on any atom is -0.505 e. The van der Waals surface area contributed by atoms with Gasteiger partial charge in [0, 0.05) is 125 Å². The maximum Gasteiger partial charge on any atom is 0.266 e. The third-order valence-corrected chi connectivity index (χ3v) is 16.0. The highest BCUT2D eigenvalue weighted by atomic mass is 16.5. The number of aromatic nitrogens is 12. The summed E-state index contributed by atoms with van der Waals surface area (Å²) in [5.74, 6) is 4.69.